The summed E-state index contributed by atoms with van der Waals surface area (Å²) in [4.78, 5) is 16.7. The van der Waals surface area contributed by atoms with Crippen molar-refractivity contribution in [2.24, 2.45) is 5.41 Å². The predicted octanol–water partition coefficient (Wildman–Crippen LogP) is 3.63. The lowest BCUT2D eigenvalue weighted by Gasteiger charge is -2.23. The largest absolute Gasteiger partial charge is 0.344 e. The van der Waals surface area contributed by atoms with Crippen molar-refractivity contribution >= 4 is 5.91 Å². The zero-order valence-corrected chi connectivity index (χ0v) is 13.3. The Morgan fingerprint density at radius 3 is 2.61 bits per heavy atom. The molecule has 1 unspecified atom stereocenters. The van der Waals surface area contributed by atoms with E-state index in [0.717, 1.165) is 25.7 Å². The Morgan fingerprint density at radius 2 is 1.96 bits per heavy atom. The van der Waals surface area contributed by atoms with Gasteiger partial charge in [0.2, 0.25) is 17.6 Å². The van der Waals surface area contributed by atoms with Crippen LogP contribution in [0, 0.1) is 11.2 Å². The van der Waals surface area contributed by atoms with Crippen molar-refractivity contribution in [1.82, 2.24) is 15.5 Å². The van der Waals surface area contributed by atoms with E-state index < -0.39 is 0 Å². The number of aromatic nitrogens is 2. The maximum Gasteiger partial charge on any atom is 0.249 e. The van der Waals surface area contributed by atoms with Gasteiger partial charge in [-0.2, -0.15) is 4.98 Å². The summed E-state index contributed by atoms with van der Waals surface area (Å²) in [5, 5.41) is 6.86. The van der Waals surface area contributed by atoms with Crippen molar-refractivity contribution in [3.8, 4) is 11.4 Å². The van der Waals surface area contributed by atoms with Gasteiger partial charge in [0.05, 0.1) is 0 Å². The number of hydrogen-bond donors (Lipinski definition) is 1. The highest BCUT2D eigenvalue weighted by Crippen LogP contribution is 2.38. The topological polar surface area (TPSA) is 68.0 Å². The maximum atomic E-state index is 13.0. The van der Waals surface area contributed by atoms with E-state index in [2.05, 4.69) is 15.5 Å². The second-order valence-corrected chi connectivity index (χ2v) is 6.43. The molecule has 5 nitrogen and oxygen atoms in total. The van der Waals surface area contributed by atoms with Gasteiger partial charge in [0.25, 0.3) is 0 Å². The highest BCUT2D eigenvalue weighted by molar-refractivity contribution is 5.82. The Kier molecular flexibility index (Phi) is 4.15. The van der Waals surface area contributed by atoms with Crippen LogP contribution >= 0.6 is 0 Å². The molecular formula is C17H20FN3O2. The highest BCUT2D eigenvalue weighted by atomic mass is 19.1. The Labute approximate surface area is 134 Å². The third kappa shape index (κ3) is 3.25. The summed E-state index contributed by atoms with van der Waals surface area (Å²) in [7, 11) is 0. The number of rotatable bonds is 4. The number of carbonyl (C=O) groups excluding carboxylic acids is 1. The van der Waals surface area contributed by atoms with Crippen molar-refractivity contribution in [2.45, 2.75) is 45.6 Å². The Balaban J connectivity index is 1.70. The molecule has 1 atom stereocenters. The summed E-state index contributed by atoms with van der Waals surface area (Å²) >= 11 is 0. The number of amides is 1. The van der Waals surface area contributed by atoms with Gasteiger partial charge >= 0.3 is 0 Å². The van der Waals surface area contributed by atoms with Crippen LogP contribution in [-0.4, -0.2) is 16.0 Å². The fraction of sp³-hybridized carbons (Fsp3) is 0.471. The molecule has 1 amide bonds. The number of nitrogens with zero attached hydrogens (tertiary/aromatic N) is 2. The average molecular weight is 317 g/mol. The first-order chi connectivity index (χ1) is 11.0. The first-order valence-corrected chi connectivity index (χ1v) is 7.88. The van der Waals surface area contributed by atoms with E-state index >= 15 is 0 Å². The van der Waals surface area contributed by atoms with E-state index in [1.54, 1.807) is 12.1 Å². The molecule has 122 valence electrons. The van der Waals surface area contributed by atoms with Gasteiger partial charge in [0.1, 0.15) is 11.9 Å². The molecule has 1 heterocycles. The fourth-order valence-electron chi connectivity index (χ4n) is 2.94. The van der Waals surface area contributed by atoms with E-state index in [1.807, 2.05) is 13.8 Å². The summed E-state index contributed by atoms with van der Waals surface area (Å²) in [6.45, 7) is 3.82. The summed E-state index contributed by atoms with van der Waals surface area (Å²) in [6.07, 6.45) is 4.01. The normalized spacial score (nSPS) is 17.9. The summed E-state index contributed by atoms with van der Waals surface area (Å²) < 4.78 is 18.2. The second-order valence-electron chi connectivity index (χ2n) is 6.43. The minimum atomic E-state index is -0.360. The van der Waals surface area contributed by atoms with E-state index in [4.69, 9.17) is 4.52 Å². The Hall–Kier alpha value is -2.24. The highest BCUT2D eigenvalue weighted by Gasteiger charge is 2.37. The molecule has 1 aliphatic rings. The van der Waals surface area contributed by atoms with Gasteiger partial charge < -0.3 is 9.84 Å². The lowest BCUT2D eigenvalue weighted by atomic mass is 9.87. The molecule has 1 aliphatic carbocycles. The molecule has 0 bridgehead atoms. The molecular weight excluding hydrogens is 297 g/mol. The van der Waals surface area contributed by atoms with Gasteiger partial charge in [0, 0.05) is 11.0 Å². The predicted molar refractivity (Wildman–Crippen MR) is 82.8 cm³/mol. The lowest BCUT2D eigenvalue weighted by molar-refractivity contribution is -0.130. The third-order valence-corrected chi connectivity index (χ3v) is 4.52. The van der Waals surface area contributed by atoms with Crippen LogP contribution in [0.4, 0.5) is 4.39 Å². The van der Waals surface area contributed by atoms with E-state index in [0.29, 0.717) is 17.3 Å². The quantitative estimate of drug-likeness (QED) is 0.935. The van der Waals surface area contributed by atoms with Crippen LogP contribution in [0.5, 0.6) is 0 Å². The molecule has 2 aromatic rings. The summed E-state index contributed by atoms with van der Waals surface area (Å²) in [6, 6.07) is 5.51. The molecule has 1 N–H and O–H groups in total. The second kappa shape index (κ2) is 6.10. The zero-order chi connectivity index (χ0) is 16.4. The molecule has 3 rings (SSSR count). The molecule has 0 radical (unpaired) electrons. The van der Waals surface area contributed by atoms with Crippen molar-refractivity contribution in [3.63, 3.8) is 0 Å². The van der Waals surface area contributed by atoms with Crippen molar-refractivity contribution in [3.05, 3.63) is 36.0 Å². The van der Waals surface area contributed by atoms with E-state index in [-0.39, 0.29) is 23.2 Å². The van der Waals surface area contributed by atoms with Crippen LogP contribution in [0.1, 0.15) is 51.5 Å². The molecule has 0 saturated heterocycles. The van der Waals surface area contributed by atoms with Crippen molar-refractivity contribution in [2.75, 3.05) is 0 Å². The van der Waals surface area contributed by atoms with Gasteiger partial charge in [-0.15, -0.1) is 0 Å². The molecule has 6 heteroatoms. The first kappa shape index (κ1) is 15.6. The van der Waals surface area contributed by atoms with Gasteiger partial charge in [-0.25, -0.2) is 4.39 Å². The molecule has 1 aromatic heterocycles. The minimum Gasteiger partial charge on any atom is -0.344 e. The molecule has 0 aliphatic heterocycles. The summed E-state index contributed by atoms with van der Waals surface area (Å²) in [5.41, 5.74) is 0.372. The monoisotopic (exact) mass is 317 g/mol. The number of nitrogens with one attached hydrogen (secondary N) is 1. The summed E-state index contributed by atoms with van der Waals surface area (Å²) in [5.74, 6) is 0.444. The van der Waals surface area contributed by atoms with Crippen LogP contribution in [0.15, 0.2) is 28.8 Å². The van der Waals surface area contributed by atoms with Crippen LogP contribution in [0.25, 0.3) is 11.4 Å². The molecule has 1 fully saturated rings. The minimum absolute atomic E-state index is 0.0315. The van der Waals surface area contributed by atoms with E-state index in [1.165, 1.54) is 12.1 Å². The van der Waals surface area contributed by atoms with Crippen LogP contribution in [-0.2, 0) is 4.79 Å². The maximum absolute atomic E-state index is 13.0. The third-order valence-electron chi connectivity index (χ3n) is 4.52. The molecule has 1 saturated carbocycles. The van der Waals surface area contributed by atoms with Crippen LogP contribution in [0.3, 0.4) is 0 Å². The fourth-order valence-corrected chi connectivity index (χ4v) is 2.94. The number of carbonyl (C=O) groups is 1. The van der Waals surface area contributed by atoms with Crippen molar-refractivity contribution < 1.29 is 13.7 Å². The van der Waals surface area contributed by atoms with Gasteiger partial charge in [-0.05, 0) is 44.0 Å². The standard InChI is InChI=1S/C17H20FN3O2/c1-11(19-16(22)17(2)9-3-4-10-17)15-20-14(21-23-15)12-5-7-13(18)8-6-12/h5-8,11H,3-4,9-10H2,1-2H3,(H,19,22). The van der Waals surface area contributed by atoms with Crippen molar-refractivity contribution in [1.29, 1.82) is 0 Å². The molecule has 1 aromatic carbocycles. The van der Waals surface area contributed by atoms with Crippen LogP contribution < -0.4 is 5.32 Å². The molecule has 23 heavy (non-hydrogen) atoms. The Bertz CT molecular complexity index is 690. The van der Waals surface area contributed by atoms with E-state index in [9.17, 15) is 9.18 Å². The SMILES string of the molecule is CC(NC(=O)C1(C)CCCC1)c1nc(-c2ccc(F)cc2)no1. The Morgan fingerprint density at radius 1 is 1.30 bits per heavy atom. The van der Waals surface area contributed by atoms with Gasteiger partial charge in [0.15, 0.2) is 0 Å². The average Bonchev–Trinajstić information content (AvgIpc) is 3.18. The lowest BCUT2D eigenvalue weighted by Crippen LogP contribution is -2.38. The van der Waals surface area contributed by atoms with Gasteiger partial charge in [-0.3, -0.25) is 4.79 Å². The smallest absolute Gasteiger partial charge is 0.249 e. The number of halogens is 1. The van der Waals surface area contributed by atoms with Gasteiger partial charge in [-0.1, -0.05) is 24.9 Å². The van der Waals surface area contributed by atoms with Crippen LogP contribution in [0.2, 0.25) is 0 Å². The number of hydrogen-bond acceptors (Lipinski definition) is 4. The molecule has 0 spiro atoms. The first-order valence-electron chi connectivity index (χ1n) is 7.88. The number of benzene rings is 1. The zero-order valence-electron chi connectivity index (χ0n) is 13.3.